The Morgan fingerprint density at radius 1 is 1.75 bits per heavy atom. The summed E-state index contributed by atoms with van der Waals surface area (Å²) in [5.41, 5.74) is -0.722. The minimum atomic E-state index is -0.722. The summed E-state index contributed by atoms with van der Waals surface area (Å²) in [7, 11) is 2.05. The van der Waals surface area contributed by atoms with E-state index in [-0.39, 0.29) is 6.42 Å². The van der Waals surface area contributed by atoms with Gasteiger partial charge in [-0.25, -0.2) is 0 Å². The predicted molar refractivity (Wildman–Crippen MR) is 46.5 cm³/mol. The number of hydrogen-bond acceptors (Lipinski definition) is 3. The first-order valence-electron chi connectivity index (χ1n) is 4.37. The minimum absolute atomic E-state index is 0.269. The molecular weight excluding hydrogens is 152 g/mol. The lowest BCUT2D eigenvalue weighted by atomic mass is 9.85. The highest BCUT2D eigenvalue weighted by atomic mass is 16.3. The van der Waals surface area contributed by atoms with Gasteiger partial charge in [-0.15, -0.1) is 0 Å². The van der Waals surface area contributed by atoms with Crippen LogP contribution in [0.15, 0.2) is 0 Å². The zero-order chi connectivity index (χ0) is 9.19. The first-order chi connectivity index (χ1) is 5.57. The second-order valence-electron chi connectivity index (χ2n) is 3.84. The molecule has 0 spiro atoms. The number of aliphatic hydroxyl groups is 1. The van der Waals surface area contributed by atoms with E-state index in [1.165, 1.54) is 0 Å². The maximum atomic E-state index is 9.91. The Balaban J connectivity index is 2.55. The Morgan fingerprint density at radius 3 is 2.92 bits per heavy atom. The van der Waals surface area contributed by atoms with Gasteiger partial charge < -0.3 is 10.0 Å². The van der Waals surface area contributed by atoms with Crippen molar-refractivity contribution in [1.82, 2.24) is 4.90 Å². The van der Waals surface area contributed by atoms with E-state index < -0.39 is 5.60 Å². The molecule has 2 atom stereocenters. The summed E-state index contributed by atoms with van der Waals surface area (Å²) >= 11 is 0. The van der Waals surface area contributed by atoms with Crippen molar-refractivity contribution in [3.63, 3.8) is 0 Å². The third-order valence-corrected chi connectivity index (χ3v) is 2.77. The molecule has 1 N–H and O–H groups in total. The van der Waals surface area contributed by atoms with Crippen LogP contribution in [0.1, 0.15) is 26.2 Å². The second-order valence-corrected chi connectivity index (χ2v) is 3.84. The Labute approximate surface area is 73.6 Å². The number of nitrogens with zero attached hydrogens (tertiary/aromatic N) is 2. The van der Waals surface area contributed by atoms with Crippen molar-refractivity contribution in [1.29, 1.82) is 5.26 Å². The molecular formula is C9H16N2O. The molecule has 0 saturated carbocycles. The number of piperidine rings is 1. The van der Waals surface area contributed by atoms with Crippen molar-refractivity contribution in [3.05, 3.63) is 0 Å². The molecule has 3 nitrogen and oxygen atoms in total. The van der Waals surface area contributed by atoms with E-state index in [0.717, 1.165) is 19.4 Å². The lowest BCUT2D eigenvalue weighted by Gasteiger charge is -2.39. The van der Waals surface area contributed by atoms with Crippen LogP contribution in [0.5, 0.6) is 0 Å². The van der Waals surface area contributed by atoms with Crippen molar-refractivity contribution in [2.75, 3.05) is 13.6 Å². The van der Waals surface area contributed by atoms with E-state index in [4.69, 9.17) is 5.26 Å². The zero-order valence-electron chi connectivity index (χ0n) is 7.75. The largest absolute Gasteiger partial charge is 0.389 e. The summed E-state index contributed by atoms with van der Waals surface area (Å²) in [5.74, 6) is 0. The van der Waals surface area contributed by atoms with Gasteiger partial charge in [-0.3, -0.25) is 0 Å². The molecule has 0 bridgehead atoms. The van der Waals surface area contributed by atoms with Crippen LogP contribution in [0, 0.1) is 11.3 Å². The van der Waals surface area contributed by atoms with E-state index in [9.17, 15) is 5.11 Å². The van der Waals surface area contributed by atoms with Crippen LogP contribution in [0.25, 0.3) is 0 Å². The fraction of sp³-hybridized carbons (Fsp3) is 0.889. The third kappa shape index (κ3) is 1.96. The van der Waals surface area contributed by atoms with Gasteiger partial charge in [0, 0.05) is 12.6 Å². The maximum Gasteiger partial charge on any atom is 0.0804 e. The molecule has 1 heterocycles. The van der Waals surface area contributed by atoms with E-state index >= 15 is 0 Å². The molecule has 12 heavy (non-hydrogen) atoms. The molecule has 0 aromatic carbocycles. The van der Waals surface area contributed by atoms with Crippen LogP contribution in [-0.4, -0.2) is 35.2 Å². The summed E-state index contributed by atoms with van der Waals surface area (Å²) in [5, 5.41) is 18.4. The van der Waals surface area contributed by atoms with Crippen molar-refractivity contribution in [2.24, 2.45) is 0 Å². The first-order valence-corrected chi connectivity index (χ1v) is 4.37. The number of rotatable bonds is 1. The topological polar surface area (TPSA) is 47.3 Å². The van der Waals surface area contributed by atoms with Gasteiger partial charge in [-0.2, -0.15) is 5.26 Å². The van der Waals surface area contributed by atoms with Crippen LogP contribution in [0.3, 0.4) is 0 Å². The number of hydrogen-bond donors (Lipinski definition) is 1. The summed E-state index contributed by atoms with van der Waals surface area (Å²) < 4.78 is 0. The van der Waals surface area contributed by atoms with Crippen molar-refractivity contribution >= 4 is 0 Å². The molecule has 0 aliphatic carbocycles. The summed E-state index contributed by atoms with van der Waals surface area (Å²) in [6.45, 7) is 2.97. The van der Waals surface area contributed by atoms with Gasteiger partial charge in [0.05, 0.1) is 18.1 Å². The van der Waals surface area contributed by atoms with Gasteiger partial charge in [0.1, 0.15) is 0 Å². The van der Waals surface area contributed by atoms with E-state index in [1.54, 1.807) is 0 Å². The summed E-state index contributed by atoms with van der Waals surface area (Å²) in [6.07, 6.45) is 1.71. The van der Waals surface area contributed by atoms with Crippen molar-refractivity contribution < 1.29 is 5.11 Å². The Hall–Kier alpha value is -0.590. The van der Waals surface area contributed by atoms with E-state index in [2.05, 4.69) is 18.9 Å². The minimum Gasteiger partial charge on any atom is -0.389 e. The monoisotopic (exact) mass is 168 g/mol. The molecule has 1 saturated heterocycles. The molecule has 0 amide bonds. The van der Waals surface area contributed by atoms with Crippen LogP contribution in [0.4, 0.5) is 0 Å². The average Bonchev–Trinajstić information content (AvgIpc) is 1.98. The fourth-order valence-electron chi connectivity index (χ4n) is 1.72. The standard InChI is InChI=1S/C9H16N2O/c1-8-7-9(12,3-5-10)4-6-11(8)2/h8,12H,3-4,6-7H2,1-2H3. The molecule has 2 unspecified atom stereocenters. The average molecular weight is 168 g/mol. The van der Waals surface area contributed by atoms with Crippen LogP contribution < -0.4 is 0 Å². The first kappa shape index (κ1) is 9.50. The molecule has 1 rings (SSSR count). The SMILES string of the molecule is CC1CC(O)(CC#N)CCN1C. The predicted octanol–water partition coefficient (Wildman–Crippen LogP) is 0.745. The van der Waals surface area contributed by atoms with Crippen molar-refractivity contribution in [3.8, 4) is 6.07 Å². The normalized spacial score (nSPS) is 37.7. The molecule has 0 aromatic rings. The molecule has 3 heteroatoms. The van der Waals surface area contributed by atoms with Gasteiger partial charge in [-0.1, -0.05) is 0 Å². The molecule has 0 radical (unpaired) electrons. The third-order valence-electron chi connectivity index (χ3n) is 2.77. The Bertz CT molecular complexity index is 199. The molecule has 1 aliphatic rings. The van der Waals surface area contributed by atoms with Gasteiger partial charge in [-0.05, 0) is 26.8 Å². The maximum absolute atomic E-state index is 9.91. The van der Waals surface area contributed by atoms with Gasteiger partial charge in [0.2, 0.25) is 0 Å². The van der Waals surface area contributed by atoms with Gasteiger partial charge in [0.25, 0.3) is 0 Å². The van der Waals surface area contributed by atoms with Crippen LogP contribution in [0.2, 0.25) is 0 Å². The van der Waals surface area contributed by atoms with E-state index in [0.29, 0.717) is 6.04 Å². The highest BCUT2D eigenvalue weighted by Gasteiger charge is 2.34. The lowest BCUT2D eigenvalue weighted by Crippen LogP contribution is -2.47. The molecule has 1 fully saturated rings. The molecule has 0 aromatic heterocycles. The Morgan fingerprint density at radius 2 is 2.42 bits per heavy atom. The number of likely N-dealkylation sites (tertiary alicyclic amines) is 1. The highest BCUT2D eigenvalue weighted by Crippen LogP contribution is 2.28. The quantitative estimate of drug-likeness (QED) is 0.628. The lowest BCUT2D eigenvalue weighted by molar-refractivity contribution is -0.0321. The molecule has 1 aliphatic heterocycles. The zero-order valence-corrected chi connectivity index (χ0v) is 7.75. The second kappa shape index (κ2) is 3.42. The van der Waals surface area contributed by atoms with E-state index in [1.807, 2.05) is 6.07 Å². The smallest absolute Gasteiger partial charge is 0.0804 e. The Kier molecular flexibility index (Phi) is 2.71. The van der Waals surface area contributed by atoms with Gasteiger partial charge in [0.15, 0.2) is 0 Å². The summed E-state index contributed by atoms with van der Waals surface area (Å²) in [4.78, 5) is 2.21. The van der Waals surface area contributed by atoms with Gasteiger partial charge >= 0.3 is 0 Å². The fourth-order valence-corrected chi connectivity index (χ4v) is 1.72. The van der Waals surface area contributed by atoms with Crippen LogP contribution in [-0.2, 0) is 0 Å². The number of nitriles is 1. The summed E-state index contributed by atoms with van der Waals surface area (Å²) in [6, 6.07) is 2.43. The highest BCUT2D eigenvalue weighted by molar-refractivity contribution is 4.95. The van der Waals surface area contributed by atoms with Crippen molar-refractivity contribution in [2.45, 2.75) is 37.8 Å². The van der Waals surface area contributed by atoms with Crippen LogP contribution >= 0.6 is 0 Å². The molecule has 68 valence electrons.